The van der Waals surface area contributed by atoms with Gasteiger partial charge in [0, 0.05) is 0 Å². The van der Waals surface area contributed by atoms with Gasteiger partial charge in [-0.05, 0) is 43.5 Å². The second-order valence-electron chi connectivity index (χ2n) is 6.77. The molecular formula is C18H22O4S. The highest BCUT2D eigenvalue weighted by Crippen LogP contribution is 2.25. The lowest BCUT2D eigenvalue weighted by Crippen LogP contribution is -2.36. The van der Waals surface area contributed by atoms with Crippen molar-refractivity contribution in [3.63, 3.8) is 0 Å². The van der Waals surface area contributed by atoms with Gasteiger partial charge in [0.1, 0.15) is 0 Å². The smallest absolute Gasteiger partial charge is 0.307 e. The molecule has 0 radical (unpaired) electrons. The van der Waals surface area contributed by atoms with Gasteiger partial charge in [-0.25, -0.2) is 8.42 Å². The summed E-state index contributed by atoms with van der Waals surface area (Å²) in [4.78, 5) is 11.6. The van der Waals surface area contributed by atoms with Crippen LogP contribution in [0.15, 0.2) is 42.5 Å². The fraction of sp³-hybridized carbons (Fsp3) is 0.389. The SMILES string of the molecule is CC(C)(C)S(=O)(=O)C[C@@H](Cc1cccc2ccccc12)C(=O)O. The standard InChI is InChI=1S/C18H22O4S/c1-18(2,3)23(21,22)12-15(17(19)20)11-14-9-6-8-13-7-4-5-10-16(13)14/h4-10,15H,11-12H2,1-3H3,(H,19,20)/t15-/m1/s1. The van der Waals surface area contributed by atoms with Crippen LogP contribution in [-0.4, -0.2) is 30.0 Å². The van der Waals surface area contributed by atoms with Crippen molar-refractivity contribution in [1.82, 2.24) is 0 Å². The Morgan fingerprint density at radius 2 is 1.70 bits per heavy atom. The number of carboxylic acid groups (broad SMARTS) is 1. The molecule has 0 amide bonds. The number of hydrogen-bond donors (Lipinski definition) is 1. The van der Waals surface area contributed by atoms with Crippen LogP contribution >= 0.6 is 0 Å². The maximum Gasteiger partial charge on any atom is 0.307 e. The van der Waals surface area contributed by atoms with E-state index in [1.807, 2.05) is 42.5 Å². The molecule has 0 saturated carbocycles. The topological polar surface area (TPSA) is 71.4 Å². The molecule has 23 heavy (non-hydrogen) atoms. The number of sulfone groups is 1. The average molecular weight is 334 g/mol. The molecule has 2 aromatic carbocycles. The van der Waals surface area contributed by atoms with E-state index in [4.69, 9.17) is 0 Å². The van der Waals surface area contributed by atoms with Crippen molar-refractivity contribution in [3.05, 3.63) is 48.0 Å². The first-order valence-corrected chi connectivity index (χ1v) is 9.19. The minimum atomic E-state index is -3.50. The summed E-state index contributed by atoms with van der Waals surface area (Å²) in [5.41, 5.74) is 0.861. The Morgan fingerprint density at radius 3 is 2.30 bits per heavy atom. The molecule has 0 aliphatic heterocycles. The van der Waals surface area contributed by atoms with E-state index in [9.17, 15) is 18.3 Å². The Kier molecular flexibility index (Phi) is 4.80. The number of carboxylic acids is 1. The van der Waals surface area contributed by atoms with Crippen LogP contribution in [0.25, 0.3) is 10.8 Å². The Labute approximate surface area is 137 Å². The van der Waals surface area contributed by atoms with E-state index < -0.39 is 26.5 Å². The summed E-state index contributed by atoms with van der Waals surface area (Å²) < 4.78 is 23.8. The van der Waals surface area contributed by atoms with Crippen molar-refractivity contribution < 1.29 is 18.3 Å². The van der Waals surface area contributed by atoms with Gasteiger partial charge in [0.15, 0.2) is 9.84 Å². The highest BCUT2D eigenvalue weighted by Gasteiger charge is 2.34. The highest BCUT2D eigenvalue weighted by molar-refractivity contribution is 7.92. The van der Waals surface area contributed by atoms with Gasteiger partial charge in [-0.2, -0.15) is 0 Å². The maximum atomic E-state index is 12.4. The fourth-order valence-corrected chi connectivity index (χ4v) is 3.76. The first-order valence-electron chi connectivity index (χ1n) is 7.53. The van der Waals surface area contributed by atoms with Crippen LogP contribution in [0.1, 0.15) is 26.3 Å². The van der Waals surface area contributed by atoms with Crippen LogP contribution in [0.3, 0.4) is 0 Å². The number of benzene rings is 2. The Morgan fingerprint density at radius 1 is 1.09 bits per heavy atom. The molecule has 0 aliphatic rings. The molecule has 0 bridgehead atoms. The van der Waals surface area contributed by atoms with Crippen molar-refractivity contribution in [1.29, 1.82) is 0 Å². The molecule has 0 aliphatic carbocycles. The minimum absolute atomic E-state index is 0.200. The average Bonchev–Trinajstić information content (AvgIpc) is 2.45. The van der Waals surface area contributed by atoms with Crippen LogP contribution in [-0.2, 0) is 21.1 Å². The van der Waals surface area contributed by atoms with Gasteiger partial charge in [0.25, 0.3) is 0 Å². The first-order chi connectivity index (χ1) is 10.6. The van der Waals surface area contributed by atoms with E-state index in [1.165, 1.54) is 0 Å². The predicted octanol–water partition coefficient (Wildman–Crippen LogP) is 3.30. The zero-order chi connectivity index (χ0) is 17.3. The highest BCUT2D eigenvalue weighted by atomic mass is 32.2. The zero-order valence-corrected chi connectivity index (χ0v) is 14.4. The molecule has 0 heterocycles. The number of rotatable bonds is 5. The third-order valence-corrected chi connectivity index (χ3v) is 6.76. The third kappa shape index (κ3) is 3.91. The van der Waals surface area contributed by atoms with E-state index in [1.54, 1.807) is 20.8 Å². The normalized spacial score (nSPS) is 13.9. The van der Waals surface area contributed by atoms with Crippen LogP contribution < -0.4 is 0 Å². The summed E-state index contributed by atoms with van der Waals surface area (Å²) in [6.45, 7) is 4.79. The number of hydrogen-bond acceptors (Lipinski definition) is 3. The van der Waals surface area contributed by atoms with Gasteiger partial charge in [-0.1, -0.05) is 42.5 Å². The second kappa shape index (κ2) is 6.32. The second-order valence-corrected chi connectivity index (χ2v) is 9.56. The molecular weight excluding hydrogens is 312 g/mol. The molecule has 1 atom stereocenters. The molecule has 5 heteroatoms. The number of aliphatic carboxylic acids is 1. The van der Waals surface area contributed by atoms with Gasteiger partial charge < -0.3 is 5.11 Å². The molecule has 0 spiro atoms. The van der Waals surface area contributed by atoms with E-state index >= 15 is 0 Å². The first kappa shape index (κ1) is 17.5. The van der Waals surface area contributed by atoms with Crippen molar-refractivity contribution in [2.45, 2.75) is 31.9 Å². The summed E-state index contributed by atoms with van der Waals surface area (Å²) >= 11 is 0. The molecule has 1 N–H and O–H groups in total. The Hall–Kier alpha value is -1.88. The van der Waals surface area contributed by atoms with Crippen molar-refractivity contribution in [2.24, 2.45) is 5.92 Å². The number of carbonyl (C=O) groups is 1. The zero-order valence-electron chi connectivity index (χ0n) is 13.6. The van der Waals surface area contributed by atoms with Gasteiger partial charge in [0.05, 0.1) is 16.4 Å². The molecule has 0 fully saturated rings. The molecule has 124 valence electrons. The lowest BCUT2D eigenvalue weighted by Gasteiger charge is -2.22. The van der Waals surface area contributed by atoms with Crippen molar-refractivity contribution in [3.8, 4) is 0 Å². The molecule has 2 aromatic rings. The minimum Gasteiger partial charge on any atom is -0.481 e. The fourth-order valence-electron chi connectivity index (χ4n) is 2.47. The van der Waals surface area contributed by atoms with E-state index in [2.05, 4.69) is 0 Å². The van der Waals surface area contributed by atoms with E-state index in [-0.39, 0.29) is 12.2 Å². The molecule has 2 rings (SSSR count). The lowest BCUT2D eigenvalue weighted by atomic mass is 9.96. The summed E-state index contributed by atoms with van der Waals surface area (Å²) in [5, 5.41) is 11.5. The largest absolute Gasteiger partial charge is 0.481 e. The molecule has 4 nitrogen and oxygen atoms in total. The summed E-state index contributed by atoms with van der Waals surface area (Å²) in [5.74, 6) is -2.38. The monoisotopic (exact) mass is 334 g/mol. The lowest BCUT2D eigenvalue weighted by molar-refractivity contribution is -0.140. The Bertz CT molecular complexity index is 811. The molecule has 0 saturated heterocycles. The summed E-state index contributed by atoms with van der Waals surface area (Å²) in [6, 6.07) is 13.4. The Balaban J connectivity index is 2.35. The number of fused-ring (bicyclic) bond motifs is 1. The van der Waals surface area contributed by atoms with Crippen LogP contribution in [0.4, 0.5) is 0 Å². The predicted molar refractivity (Wildman–Crippen MR) is 92.3 cm³/mol. The summed E-state index contributed by atoms with van der Waals surface area (Å²) in [7, 11) is -3.50. The van der Waals surface area contributed by atoms with Crippen molar-refractivity contribution in [2.75, 3.05) is 5.75 Å². The van der Waals surface area contributed by atoms with Crippen LogP contribution in [0.5, 0.6) is 0 Å². The summed E-state index contributed by atoms with van der Waals surface area (Å²) in [6.07, 6.45) is 0.200. The van der Waals surface area contributed by atoms with Crippen molar-refractivity contribution >= 4 is 26.6 Å². The van der Waals surface area contributed by atoms with Crippen LogP contribution in [0, 0.1) is 5.92 Å². The van der Waals surface area contributed by atoms with Crippen LogP contribution in [0.2, 0.25) is 0 Å². The third-order valence-electron chi connectivity index (χ3n) is 4.05. The van der Waals surface area contributed by atoms with Gasteiger partial charge >= 0.3 is 5.97 Å². The molecule has 0 aromatic heterocycles. The van der Waals surface area contributed by atoms with E-state index in [0.717, 1.165) is 16.3 Å². The van der Waals surface area contributed by atoms with Gasteiger partial charge in [-0.15, -0.1) is 0 Å². The van der Waals surface area contributed by atoms with Gasteiger partial charge in [-0.3, -0.25) is 4.79 Å². The maximum absolute atomic E-state index is 12.4. The quantitative estimate of drug-likeness (QED) is 0.911. The van der Waals surface area contributed by atoms with Gasteiger partial charge in [0.2, 0.25) is 0 Å². The molecule has 0 unspecified atom stereocenters. The van der Waals surface area contributed by atoms with E-state index in [0.29, 0.717) is 0 Å².